The van der Waals surface area contributed by atoms with E-state index in [1.54, 1.807) is 24.3 Å². The lowest BCUT2D eigenvalue weighted by molar-refractivity contribution is -0.895. The molecule has 1 heterocycles. The van der Waals surface area contributed by atoms with Crippen LogP contribution in [0.2, 0.25) is 10.0 Å². The predicted octanol–water partition coefficient (Wildman–Crippen LogP) is 2.13. The topological polar surface area (TPSA) is 70.9 Å². The Labute approximate surface area is 180 Å². The van der Waals surface area contributed by atoms with Crippen LogP contribution in [0, 0.1) is 0 Å². The normalized spacial score (nSPS) is 16.2. The summed E-state index contributed by atoms with van der Waals surface area (Å²) in [5.74, 6) is -0.213. The van der Waals surface area contributed by atoms with Gasteiger partial charge in [-0.05, 0) is 23.8 Å². The molecule has 0 aromatic heterocycles. The first-order valence-electron chi connectivity index (χ1n) is 9.16. The van der Waals surface area contributed by atoms with Crippen LogP contribution >= 0.6 is 23.2 Å². The van der Waals surface area contributed by atoms with Gasteiger partial charge in [0.2, 0.25) is 10.0 Å². The molecule has 1 amide bonds. The average molecular weight is 455 g/mol. The molecule has 1 aliphatic heterocycles. The van der Waals surface area contributed by atoms with Gasteiger partial charge in [-0.2, -0.15) is 4.31 Å². The highest BCUT2D eigenvalue weighted by Crippen LogP contribution is 2.29. The third-order valence-corrected chi connectivity index (χ3v) is 6.85. The van der Waals surface area contributed by atoms with Crippen molar-refractivity contribution in [2.75, 3.05) is 38.0 Å². The van der Waals surface area contributed by atoms with Crippen LogP contribution in [0.15, 0.2) is 53.9 Å². The Balaban J connectivity index is 1.52. The molecule has 1 fully saturated rings. The van der Waals surface area contributed by atoms with Gasteiger partial charge in [0.25, 0.3) is 5.91 Å². The summed E-state index contributed by atoms with van der Waals surface area (Å²) in [6, 6.07) is 14.3. The number of carbonyl (C=O) groups excluding carboxylic acids is 1. The molecule has 29 heavy (non-hydrogen) atoms. The highest BCUT2D eigenvalue weighted by atomic mass is 35.5. The van der Waals surface area contributed by atoms with Gasteiger partial charge in [-0.25, -0.2) is 8.42 Å². The fourth-order valence-electron chi connectivity index (χ4n) is 3.08. The Morgan fingerprint density at radius 2 is 1.66 bits per heavy atom. The standard InChI is InChI=1S/C20H21Cl2N3O3S/c21-17-7-4-8-18(22)20(17)23-19(26)15-24-10-12-25(13-11-24)29(27,28)14-9-16-5-2-1-3-6-16/h1-9,14H,10-13,15H2,(H,23,26)/p+1/b14-9+. The largest absolute Gasteiger partial charge is 0.325 e. The summed E-state index contributed by atoms with van der Waals surface area (Å²) < 4.78 is 26.5. The number of halogens is 2. The van der Waals surface area contributed by atoms with E-state index in [-0.39, 0.29) is 12.5 Å². The quantitative estimate of drug-likeness (QED) is 0.702. The van der Waals surface area contributed by atoms with Gasteiger partial charge in [0.05, 0.1) is 41.9 Å². The smallest absolute Gasteiger partial charge is 0.279 e. The van der Waals surface area contributed by atoms with Crippen LogP contribution in [0.4, 0.5) is 5.69 Å². The highest BCUT2D eigenvalue weighted by molar-refractivity contribution is 7.92. The van der Waals surface area contributed by atoms with E-state index in [0.717, 1.165) is 10.5 Å². The summed E-state index contributed by atoms with van der Waals surface area (Å²) in [5, 5.41) is 4.73. The van der Waals surface area contributed by atoms with Gasteiger partial charge in [0.1, 0.15) is 0 Å². The number of quaternary nitrogens is 1. The van der Waals surface area contributed by atoms with Crippen molar-refractivity contribution < 1.29 is 18.1 Å². The molecule has 2 aromatic carbocycles. The fourth-order valence-corrected chi connectivity index (χ4v) is 4.76. The Hall–Kier alpha value is -1.90. The van der Waals surface area contributed by atoms with Crippen LogP contribution in [0.1, 0.15) is 5.56 Å². The number of nitrogens with one attached hydrogen (secondary N) is 2. The molecule has 2 aromatic rings. The highest BCUT2D eigenvalue weighted by Gasteiger charge is 2.28. The number of sulfonamides is 1. The lowest BCUT2D eigenvalue weighted by Crippen LogP contribution is -3.15. The van der Waals surface area contributed by atoms with Gasteiger partial charge in [0.15, 0.2) is 6.54 Å². The average Bonchev–Trinajstić information content (AvgIpc) is 2.71. The molecule has 0 radical (unpaired) electrons. The number of anilines is 1. The summed E-state index contributed by atoms with van der Waals surface area (Å²) >= 11 is 12.1. The van der Waals surface area contributed by atoms with Crippen LogP contribution in [-0.4, -0.2) is 51.4 Å². The molecule has 6 nitrogen and oxygen atoms in total. The SMILES string of the molecule is O=C(C[NH+]1CCN(S(=O)(=O)/C=C/c2ccccc2)CC1)Nc1c(Cl)cccc1Cl. The van der Waals surface area contributed by atoms with E-state index in [0.29, 0.717) is 41.9 Å². The maximum atomic E-state index is 12.5. The van der Waals surface area contributed by atoms with Crippen molar-refractivity contribution in [2.45, 2.75) is 0 Å². The number of benzene rings is 2. The van der Waals surface area contributed by atoms with Gasteiger partial charge in [0, 0.05) is 5.41 Å². The van der Waals surface area contributed by atoms with E-state index in [4.69, 9.17) is 23.2 Å². The number of carbonyl (C=O) groups is 1. The second-order valence-electron chi connectivity index (χ2n) is 6.73. The zero-order valence-corrected chi connectivity index (χ0v) is 18.0. The van der Waals surface area contributed by atoms with Gasteiger partial charge in [-0.3, -0.25) is 4.79 Å². The minimum Gasteiger partial charge on any atom is -0.325 e. The van der Waals surface area contributed by atoms with Gasteiger partial charge >= 0.3 is 0 Å². The summed E-state index contributed by atoms with van der Waals surface area (Å²) in [7, 11) is -3.49. The third kappa shape index (κ3) is 6.04. The molecule has 1 aliphatic rings. The van der Waals surface area contributed by atoms with Crippen molar-refractivity contribution in [2.24, 2.45) is 0 Å². The Kier molecular flexibility index (Phi) is 7.32. The van der Waals surface area contributed by atoms with Crippen molar-refractivity contribution in [3.63, 3.8) is 0 Å². The third-order valence-electron chi connectivity index (χ3n) is 4.66. The van der Waals surface area contributed by atoms with Gasteiger partial charge in [-0.15, -0.1) is 0 Å². The molecule has 0 atom stereocenters. The maximum Gasteiger partial charge on any atom is 0.279 e. The van der Waals surface area contributed by atoms with Crippen LogP contribution in [0.25, 0.3) is 6.08 Å². The monoisotopic (exact) mass is 454 g/mol. The van der Waals surface area contributed by atoms with Crippen molar-refractivity contribution in [3.05, 3.63) is 69.5 Å². The lowest BCUT2D eigenvalue weighted by Gasteiger charge is -2.30. The van der Waals surface area contributed by atoms with Crippen LogP contribution in [0.5, 0.6) is 0 Å². The van der Waals surface area contributed by atoms with E-state index in [1.165, 1.54) is 9.71 Å². The molecule has 3 rings (SSSR count). The second-order valence-corrected chi connectivity index (χ2v) is 9.36. The van der Waals surface area contributed by atoms with Gasteiger partial charge < -0.3 is 10.2 Å². The van der Waals surface area contributed by atoms with Crippen LogP contribution < -0.4 is 10.2 Å². The van der Waals surface area contributed by atoms with E-state index in [1.807, 2.05) is 30.3 Å². The summed E-state index contributed by atoms with van der Waals surface area (Å²) in [4.78, 5) is 13.3. The molecule has 2 N–H and O–H groups in total. The fraction of sp³-hybridized carbons (Fsp3) is 0.250. The van der Waals surface area contributed by atoms with Crippen molar-refractivity contribution in [1.82, 2.24) is 4.31 Å². The number of amides is 1. The number of para-hydroxylation sites is 1. The summed E-state index contributed by atoms with van der Waals surface area (Å²) in [5.41, 5.74) is 1.22. The number of nitrogens with zero attached hydrogens (tertiary/aromatic N) is 1. The minimum absolute atomic E-state index is 0.213. The Bertz CT molecular complexity index is 969. The number of hydrogen-bond donors (Lipinski definition) is 2. The number of rotatable bonds is 6. The van der Waals surface area contributed by atoms with E-state index < -0.39 is 10.0 Å². The minimum atomic E-state index is -3.49. The summed E-state index contributed by atoms with van der Waals surface area (Å²) in [6.07, 6.45) is 1.59. The van der Waals surface area contributed by atoms with Crippen molar-refractivity contribution >= 4 is 50.9 Å². The Morgan fingerprint density at radius 3 is 2.28 bits per heavy atom. The molecule has 0 unspecified atom stereocenters. The molecule has 0 aliphatic carbocycles. The first kappa shape index (κ1) is 21.8. The van der Waals surface area contributed by atoms with Gasteiger partial charge in [-0.1, -0.05) is 59.6 Å². The van der Waals surface area contributed by atoms with E-state index in [9.17, 15) is 13.2 Å². The molecule has 1 saturated heterocycles. The molecular weight excluding hydrogens is 433 g/mol. The maximum absolute atomic E-state index is 12.5. The predicted molar refractivity (Wildman–Crippen MR) is 117 cm³/mol. The second kappa shape index (κ2) is 9.73. The number of piperazine rings is 1. The first-order chi connectivity index (χ1) is 13.8. The molecule has 0 saturated carbocycles. The Morgan fingerprint density at radius 1 is 1.03 bits per heavy atom. The van der Waals surface area contributed by atoms with Crippen LogP contribution in [0.3, 0.4) is 0 Å². The molecule has 0 spiro atoms. The number of hydrogen-bond acceptors (Lipinski definition) is 3. The summed E-state index contributed by atoms with van der Waals surface area (Å²) in [6.45, 7) is 2.02. The van der Waals surface area contributed by atoms with Crippen molar-refractivity contribution in [3.8, 4) is 0 Å². The molecule has 0 bridgehead atoms. The van der Waals surface area contributed by atoms with E-state index in [2.05, 4.69) is 5.32 Å². The lowest BCUT2D eigenvalue weighted by atomic mass is 10.2. The first-order valence-corrected chi connectivity index (χ1v) is 11.4. The van der Waals surface area contributed by atoms with Crippen molar-refractivity contribution in [1.29, 1.82) is 0 Å². The zero-order chi connectivity index (χ0) is 20.9. The van der Waals surface area contributed by atoms with Crippen LogP contribution in [-0.2, 0) is 14.8 Å². The zero-order valence-electron chi connectivity index (χ0n) is 15.6. The molecule has 154 valence electrons. The van der Waals surface area contributed by atoms with E-state index >= 15 is 0 Å². The molecular formula is C20H22Cl2N3O3S+. The molecule has 9 heteroatoms.